The molecule has 0 spiro atoms. The molecule has 0 fully saturated rings. The second-order valence-electron chi connectivity index (χ2n) is 2.52. The molecule has 0 radical (unpaired) electrons. The SMILES string of the molecule is C#CC(C)c1ccnc(OC)c1. The van der Waals surface area contributed by atoms with Crippen LogP contribution in [0.25, 0.3) is 0 Å². The molecule has 0 amide bonds. The van der Waals surface area contributed by atoms with Crippen LogP contribution in [-0.2, 0) is 0 Å². The molecule has 0 aliphatic heterocycles. The van der Waals surface area contributed by atoms with Crippen molar-refractivity contribution in [2.45, 2.75) is 12.8 Å². The van der Waals surface area contributed by atoms with E-state index in [4.69, 9.17) is 11.2 Å². The van der Waals surface area contributed by atoms with E-state index in [0.29, 0.717) is 5.88 Å². The number of methoxy groups -OCH3 is 1. The molecule has 1 aromatic rings. The van der Waals surface area contributed by atoms with Crippen LogP contribution < -0.4 is 4.74 Å². The van der Waals surface area contributed by atoms with Crippen LogP contribution in [0.15, 0.2) is 18.3 Å². The molecular formula is C10H11NO. The molecular weight excluding hydrogens is 150 g/mol. The number of rotatable bonds is 2. The lowest BCUT2D eigenvalue weighted by atomic mass is 10.0. The van der Waals surface area contributed by atoms with Crippen molar-refractivity contribution in [3.8, 4) is 18.2 Å². The van der Waals surface area contributed by atoms with E-state index in [2.05, 4.69) is 10.9 Å². The molecule has 62 valence electrons. The summed E-state index contributed by atoms with van der Waals surface area (Å²) in [6, 6.07) is 3.75. The highest BCUT2D eigenvalue weighted by Gasteiger charge is 2.02. The Balaban J connectivity index is 2.95. The van der Waals surface area contributed by atoms with Gasteiger partial charge >= 0.3 is 0 Å². The average molecular weight is 161 g/mol. The molecule has 1 rings (SSSR count). The third kappa shape index (κ3) is 1.76. The van der Waals surface area contributed by atoms with E-state index in [9.17, 15) is 0 Å². The Kier molecular flexibility index (Phi) is 2.71. The minimum atomic E-state index is 0.113. The van der Waals surface area contributed by atoms with Crippen molar-refractivity contribution in [2.24, 2.45) is 0 Å². The molecule has 0 aliphatic rings. The molecule has 0 aliphatic carbocycles. The smallest absolute Gasteiger partial charge is 0.213 e. The largest absolute Gasteiger partial charge is 0.481 e. The van der Waals surface area contributed by atoms with Crippen LogP contribution in [0.5, 0.6) is 5.88 Å². The van der Waals surface area contributed by atoms with Crippen LogP contribution in [0.2, 0.25) is 0 Å². The van der Waals surface area contributed by atoms with Crippen LogP contribution in [0.1, 0.15) is 18.4 Å². The van der Waals surface area contributed by atoms with Gasteiger partial charge in [0.1, 0.15) is 0 Å². The van der Waals surface area contributed by atoms with Gasteiger partial charge in [0.25, 0.3) is 0 Å². The normalized spacial score (nSPS) is 11.8. The number of nitrogens with zero attached hydrogens (tertiary/aromatic N) is 1. The van der Waals surface area contributed by atoms with Crippen molar-refractivity contribution in [3.05, 3.63) is 23.9 Å². The monoisotopic (exact) mass is 161 g/mol. The van der Waals surface area contributed by atoms with Gasteiger partial charge in [-0.2, -0.15) is 0 Å². The van der Waals surface area contributed by atoms with Gasteiger partial charge in [-0.05, 0) is 18.6 Å². The molecule has 1 heterocycles. The molecule has 0 N–H and O–H groups in total. The van der Waals surface area contributed by atoms with Crippen molar-refractivity contribution in [2.75, 3.05) is 7.11 Å². The molecule has 0 aromatic carbocycles. The lowest BCUT2D eigenvalue weighted by Crippen LogP contribution is -1.92. The summed E-state index contributed by atoms with van der Waals surface area (Å²) in [5, 5.41) is 0. The summed E-state index contributed by atoms with van der Waals surface area (Å²) < 4.78 is 4.97. The van der Waals surface area contributed by atoms with Gasteiger partial charge in [0, 0.05) is 18.2 Å². The Morgan fingerprint density at radius 3 is 3.00 bits per heavy atom. The highest BCUT2D eigenvalue weighted by Crippen LogP contribution is 2.16. The highest BCUT2D eigenvalue weighted by atomic mass is 16.5. The van der Waals surface area contributed by atoms with E-state index in [1.54, 1.807) is 13.3 Å². The van der Waals surface area contributed by atoms with Gasteiger partial charge in [0.2, 0.25) is 5.88 Å². The van der Waals surface area contributed by atoms with Crippen molar-refractivity contribution in [1.82, 2.24) is 4.98 Å². The zero-order valence-electron chi connectivity index (χ0n) is 7.24. The summed E-state index contributed by atoms with van der Waals surface area (Å²) in [5.41, 5.74) is 1.06. The third-order valence-electron chi connectivity index (χ3n) is 1.72. The molecule has 0 bridgehead atoms. The fourth-order valence-electron chi connectivity index (χ4n) is 0.902. The Bertz CT molecular complexity index is 301. The van der Waals surface area contributed by atoms with Gasteiger partial charge < -0.3 is 4.74 Å². The van der Waals surface area contributed by atoms with Crippen molar-refractivity contribution >= 4 is 0 Å². The number of aromatic nitrogens is 1. The summed E-state index contributed by atoms with van der Waals surface area (Å²) in [7, 11) is 1.59. The van der Waals surface area contributed by atoms with Gasteiger partial charge in [-0.15, -0.1) is 6.42 Å². The molecule has 1 unspecified atom stereocenters. The minimum absolute atomic E-state index is 0.113. The Morgan fingerprint density at radius 1 is 1.67 bits per heavy atom. The van der Waals surface area contributed by atoms with Crippen LogP contribution in [0, 0.1) is 12.3 Å². The topological polar surface area (TPSA) is 22.1 Å². The van der Waals surface area contributed by atoms with Gasteiger partial charge in [-0.25, -0.2) is 4.98 Å². The lowest BCUT2D eigenvalue weighted by Gasteiger charge is -2.04. The Morgan fingerprint density at radius 2 is 2.42 bits per heavy atom. The van der Waals surface area contributed by atoms with Crippen LogP contribution in [0.4, 0.5) is 0 Å². The zero-order valence-corrected chi connectivity index (χ0v) is 7.24. The van der Waals surface area contributed by atoms with E-state index in [0.717, 1.165) is 5.56 Å². The first-order chi connectivity index (χ1) is 5.77. The molecule has 2 nitrogen and oxygen atoms in total. The van der Waals surface area contributed by atoms with Crippen molar-refractivity contribution in [3.63, 3.8) is 0 Å². The summed E-state index contributed by atoms with van der Waals surface area (Å²) in [5.74, 6) is 3.37. The number of hydrogen-bond donors (Lipinski definition) is 0. The standard InChI is InChI=1S/C10H11NO/c1-4-8(2)9-5-6-11-10(7-9)12-3/h1,5-8H,2-3H3. The van der Waals surface area contributed by atoms with Crippen LogP contribution in [0.3, 0.4) is 0 Å². The molecule has 2 heteroatoms. The van der Waals surface area contributed by atoms with Gasteiger partial charge in [-0.1, -0.05) is 5.92 Å². The van der Waals surface area contributed by atoms with Crippen LogP contribution in [-0.4, -0.2) is 12.1 Å². The first kappa shape index (κ1) is 8.61. The number of terminal acetylenes is 1. The maximum atomic E-state index is 5.28. The van der Waals surface area contributed by atoms with Crippen LogP contribution >= 0.6 is 0 Å². The van der Waals surface area contributed by atoms with E-state index < -0.39 is 0 Å². The zero-order chi connectivity index (χ0) is 8.97. The number of pyridine rings is 1. The van der Waals surface area contributed by atoms with E-state index in [1.807, 2.05) is 19.1 Å². The predicted octanol–water partition coefficient (Wildman–Crippen LogP) is 1.83. The first-order valence-corrected chi connectivity index (χ1v) is 3.74. The average Bonchev–Trinajstić information content (AvgIpc) is 2.17. The Labute approximate surface area is 72.6 Å². The minimum Gasteiger partial charge on any atom is -0.481 e. The lowest BCUT2D eigenvalue weighted by molar-refractivity contribution is 0.397. The Hall–Kier alpha value is -1.49. The fraction of sp³-hybridized carbons (Fsp3) is 0.300. The van der Waals surface area contributed by atoms with E-state index in [-0.39, 0.29) is 5.92 Å². The van der Waals surface area contributed by atoms with Crippen molar-refractivity contribution < 1.29 is 4.74 Å². The van der Waals surface area contributed by atoms with Crippen molar-refractivity contribution in [1.29, 1.82) is 0 Å². The highest BCUT2D eigenvalue weighted by molar-refractivity contribution is 5.28. The van der Waals surface area contributed by atoms with Gasteiger partial charge in [0.15, 0.2) is 0 Å². The molecule has 0 saturated heterocycles. The predicted molar refractivity (Wildman–Crippen MR) is 48.0 cm³/mol. The van der Waals surface area contributed by atoms with E-state index >= 15 is 0 Å². The molecule has 1 atom stereocenters. The van der Waals surface area contributed by atoms with Gasteiger partial charge in [-0.3, -0.25) is 0 Å². The number of ether oxygens (including phenoxy) is 1. The summed E-state index contributed by atoms with van der Waals surface area (Å²) in [6.07, 6.45) is 6.98. The molecule has 12 heavy (non-hydrogen) atoms. The summed E-state index contributed by atoms with van der Waals surface area (Å²) >= 11 is 0. The third-order valence-corrected chi connectivity index (χ3v) is 1.72. The molecule has 0 saturated carbocycles. The second-order valence-corrected chi connectivity index (χ2v) is 2.52. The maximum Gasteiger partial charge on any atom is 0.213 e. The first-order valence-electron chi connectivity index (χ1n) is 3.74. The summed E-state index contributed by atoms with van der Waals surface area (Å²) in [4.78, 5) is 3.98. The second kappa shape index (κ2) is 3.77. The van der Waals surface area contributed by atoms with Gasteiger partial charge in [0.05, 0.1) is 7.11 Å². The van der Waals surface area contributed by atoms with E-state index in [1.165, 1.54) is 0 Å². The molecule has 1 aromatic heterocycles. The maximum absolute atomic E-state index is 5.28. The number of hydrogen-bond acceptors (Lipinski definition) is 2. The summed E-state index contributed by atoms with van der Waals surface area (Å²) in [6.45, 7) is 1.97. The quantitative estimate of drug-likeness (QED) is 0.617. The fourth-order valence-corrected chi connectivity index (χ4v) is 0.902.